The van der Waals surface area contributed by atoms with Crippen molar-refractivity contribution in [1.82, 2.24) is 9.47 Å². The van der Waals surface area contributed by atoms with E-state index in [2.05, 4.69) is 35.2 Å². The lowest BCUT2D eigenvalue weighted by Crippen LogP contribution is -2.40. The van der Waals surface area contributed by atoms with Crippen LogP contribution >= 0.6 is 24.0 Å². The Labute approximate surface area is 237 Å². The highest BCUT2D eigenvalue weighted by Crippen LogP contribution is 2.37. The average molecular weight is 565 g/mol. The molecule has 1 amide bonds. The van der Waals surface area contributed by atoms with Crippen LogP contribution in [-0.4, -0.2) is 50.4 Å². The molecule has 3 heterocycles. The van der Waals surface area contributed by atoms with Crippen molar-refractivity contribution in [2.24, 2.45) is 5.92 Å². The number of thiocarbonyl (C=S) groups is 1. The third-order valence-electron chi connectivity index (χ3n) is 7.31. The van der Waals surface area contributed by atoms with Crippen LogP contribution in [0.4, 0.5) is 5.82 Å². The third kappa shape index (κ3) is 6.26. The van der Waals surface area contributed by atoms with E-state index in [0.29, 0.717) is 29.4 Å². The first kappa shape index (κ1) is 28.6. The second kappa shape index (κ2) is 12.6. The average Bonchev–Trinajstić information content (AvgIpc) is 3.18. The quantitative estimate of drug-likeness (QED) is 0.349. The largest absolute Gasteiger partial charge is 0.480 e. The molecule has 204 valence electrons. The predicted molar refractivity (Wildman–Crippen MR) is 158 cm³/mol. The Hall–Kier alpha value is -3.42. The van der Waals surface area contributed by atoms with E-state index in [1.165, 1.54) is 5.56 Å². The van der Waals surface area contributed by atoms with Gasteiger partial charge in [0.25, 0.3) is 11.5 Å². The highest BCUT2D eigenvalue weighted by atomic mass is 32.2. The molecular formula is C29H32N4O4S2. The molecule has 10 heteroatoms. The molecule has 1 aromatic carbocycles. The van der Waals surface area contributed by atoms with Gasteiger partial charge < -0.3 is 10.0 Å². The minimum atomic E-state index is -1.15. The number of benzene rings is 1. The maximum Gasteiger partial charge on any atom is 0.323 e. The highest BCUT2D eigenvalue weighted by Gasteiger charge is 2.35. The number of carboxylic acid groups (broad SMARTS) is 1. The van der Waals surface area contributed by atoms with Gasteiger partial charge in [0.15, 0.2) is 0 Å². The van der Waals surface area contributed by atoms with Gasteiger partial charge in [-0.1, -0.05) is 67.7 Å². The van der Waals surface area contributed by atoms with E-state index < -0.39 is 18.4 Å². The molecule has 39 heavy (non-hydrogen) atoms. The number of pyridine rings is 1. The van der Waals surface area contributed by atoms with Gasteiger partial charge in [0.2, 0.25) is 0 Å². The Balaban J connectivity index is 1.75. The van der Waals surface area contributed by atoms with Gasteiger partial charge in [0.1, 0.15) is 28.3 Å². The molecule has 0 spiro atoms. The normalized spacial score (nSPS) is 17.2. The van der Waals surface area contributed by atoms with E-state index in [1.54, 1.807) is 17.6 Å². The minimum absolute atomic E-state index is 0.0566. The number of aromatic nitrogens is 1. The van der Waals surface area contributed by atoms with Gasteiger partial charge in [-0.2, -0.15) is 5.26 Å². The van der Waals surface area contributed by atoms with Crippen molar-refractivity contribution in [1.29, 1.82) is 5.26 Å². The topological polar surface area (TPSA) is 107 Å². The Morgan fingerprint density at radius 1 is 1.23 bits per heavy atom. The lowest BCUT2D eigenvalue weighted by Gasteiger charge is -2.36. The number of nitrogens with zero attached hydrogens (tertiary/aromatic N) is 4. The predicted octanol–water partition coefficient (Wildman–Crippen LogP) is 4.57. The Bertz CT molecular complexity index is 1400. The third-order valence-corrected chi connectivity index (χ3v) is 8.68. The Kier molecular flexibility index (Phi) is 9.25. The molecule has 0 bridgehead atoms. The lowest BCUT2D eigenvalue weighted by molar-refractivity contribution is -0.140. The second-order valence-corrected chi connectivity index (χ2v) is 11.6. The summed E-state index contributed by atoms with van der Waals surface area (Å²) in [6.07, 6.45) is 6.24. The molecule has 2 fully saturated rings. The van der Waals surface area contributed by atoms with Gasteiger partial charge >= 0.3 is 5.97 Å². The van der Waals surface area contributed by atoms with Crippen molar-refractivity contribution in [3.05, 3.63) is 67.8 Å². The molecule has 0 aliphatic carbocycles. The molecule has 0 radical (unpaired) electrons. The van der Waals surface area contributed by atoms with Crippen LogP contribution in [0.5, 0.6) is 0 Å². The van der Waals surface area contributed by atoms with Crippen molar-refractivity contribution < 1.29 is 14.7 Å². The monoisotopic (exact) mass is 564 g/mol. The molecule has 2 aliphatic rings. The first-order valence-corrected chi connectivity index (χ1v) is 14.4. The number of anilines is 1. The first-order chi connectivity index (χ1) is 18.7. The van der Waals surface area contributed by atoms with E-state index >= 15 is 0 Å². The van der Waals surface area contributed by atoms with Crippen LogP contribution < -0.4 is 10.5 Å². The summed E-state index contributed by atoms with van der Waals surface area (Å²) in [5.41, 5.74) is 2.20. The van der Waals surface area contributed by atoms with Gasteiger partial charge in [-0.25, -0.2) is 0 Å². The molecule has 0 unspecified atom stereocenters. The van der Waals surface area contributed by atoms with E-state index in [1.807, 2.05) is 13.0 Å². The Morgan fingerprint density at radius 3 is 2.54 bits per heavy atom. The smallest absolute Gasteiger partial charge is 0.323 e. The van der Waals surface area contributed by atoms with Gasteiger partial charge in [0, 0.05) is 25.2 Å². The fourth-order valence-electron chi connectivity index (χ4n) is 5.21. The van der Waals surface area contributed by atoms with Crippen molar-refractivity contribution in [3.8, 4) is 6.07 Å². The van der Waals surface area contributed by atoms with Gasteiger partial charge in [-0.3, -0.25) is 23.9 Å². The number of piperidine rings is 1. The number of aliphatic carboxylic acids is 1. The van der Waals surface area contributed by atoms with Gasteiger partial charge in [0.05, 0.1) is 4.91 Å². The summed E-state index contributed by atoms with van der Waals surface area (Å²) < 4.78 is 1.87. The molecule has 8 nitrogen and oxygen atoms in total. The van der Waals surface area contributed by atoms with Gasteiger partial charge in [-0.05, 0) is 55.7 Å². The summed E-state index contributed by atoms with van der Waals surface area (Å²) in [7, 11) is 0. The summed E-state index contributed by atoms with van der Waals surface area (Å²) in [6.45, 7) is 5.23. The summed E-state index contributed by atoms with van der Waals surface area (Å²) in [4.78, 5) is 41.4. The molecule has 4 rings (SSSR count). The number of nitriles is 1. The molecule has 0 saturated carbocycles. The SMILES string of the molecule is CCCCn1c(N2CCC(Cc3ccccc3)CC2)c(/C=C2\SC(=S)N(CC(=O)O)C2=O)c(C)c(C#N)c1=O. The van der Waals surface area contributed by atoms with Crippen LogP contribution in [0.1, 0.15) is 54.9 Å². The number of hydrogen-bond acceptors (Lipinski definition) is 7. The molecule has 1 N–H and O–H groups in total. The van der Waals surface area contributed by atoms with Gasteiger partial charge in [-0.15, -0.1) is 0 Å². The molecule has 1 aromatic heterocycles. The summed E-state index contributed by atoms with van der Waals surface area (Å²) >= 11 is 6.33. The molecular weight excluding hydrogens is 532 g/mol. The second-order valence-electron chi connectivity index (χ2n) is 9.94. The Morgan fingerprint density at radius 2 is 1.92 bits per heavy atom. The van der Waals surface area contributed by atoms with E-state index in [9.17, 15) is 24.8 Å². The number of carbonyl (C=O) groups excluding carboxylic acids is 1. The maximum absolute atomic E-state index is 13.5. The van der Waals surface area contributed by atoms with Crippen LogP contribution in [0.25, 0.3) is 6.08 Å². The van der Waals surface area contributed by atoms with Crippen LogP contribution in [0.2, 0.25) is 0 Å². The zero-order chi connectivity index (χ0) is 28.1. The van der Waals surface area contributed by atoms with Crippen LogP contribution in [0, 0.1) is 24.2 Å². The van der Waals surface area contributed by atoms with Crippen molar-refractivity contribution in [2.45, 2.75) is 52.5 Å². The molecule has 0 atom stereocenters. The van der Waals surface area contributed by atoms with Crippen molar-refractivity contribution >= 4 is 52.1 Å². The molecule has 2 aromatic rings. The van der Waals surface area contributed by atoms with Crippen LogP contribution in [-0.2, 0) is 22.6 Å². The first-order valence-electron chi connectivity index (χ1n) is 13.2. The van der Waals surface area contributed by atoms with Crippen LogP contribution in [0.3, 0.4) is 0 Å². The zero-order valence-electron chi connectivity index (χ0n) is 22.2. The number of hydrogen-bond donors (Lipinski definition) is 1. The number of carbonyl (C=O) groups is 2. The minimum Gasteiger partial charge on any atom is -0.480 e. The highest BCUT2D eigenvalue weighted by molar-refractivity contribution is 8.26. The van der Waals surface area contributed by atoms with Crippen molar-refractivity contribution in [3.63, 3.8) is 0 Å². The van der Waals surface area contributed by atoms with Crippen molar-refractivity contribution in [2.75, 3.05) is 24.5 Å². The fourth-order valence-corrected chi connectivity index (χ4v) is 6.44. The summed E-state index contributed by atoms with van der Waals surface area (Å²) in [5, 5.41) is 19.1. The maximum atomic E-state index is 13.5. The number of thioether (sulfide) groups is 1. The van der Waals surface area contributed by atoms with E-state index in [4.69, 9.17) is 12.2 Å². The molecule has 2 saturated heterocycles. The zero-order valence-corrected chi connectivity index (χ0v) is 23.8. The van der Waals surface area contributed by atoms with E-state index in [0.717, 1.165) is 61.9 Å². The number of amides is 1. The van der Waals surface area contributed by atoms with Crippen LogP contribution in [0.15, 0.2) is 40.0 Å². The standard InChI is InChI=1S/C29H32N4O4S2/c1-3-4-12-32-26(31-13-10-21(11-14-31)15-20-8-6-5-7-9-20)22(19(2)23(17-30)27(32)36)16-24-28(37)33(18-25(34)35)29(38)39-24/h5-9,16,21H,3-4,10-15,18H2,1-2H3,(H,34,35)/b24-16-. The fraction of sp³-hybridized carbons (Fsp3) is 0.414. The summed E-state index contributed by atoms with van der Waals surface area (Å²) in [5.74, 6) is -0.395. The molecule has 2 aliphatic heterocycles. The number of unbranched alkanes of at least 4 members (excludes halogenated alkanes) is 1. The lowest BCUT2D eigenvalue weighted by atomic mass is 9.90. The number of rotatable bonds is 9. The van der Waals surface area contributed by atoms with E-state index in [-0.39, 0.29) is 20.3 Å². The summed E-state index contributed by atoms with van der Waals surface area (Å²) in [6, 6.07) is 12.5. The number of carboxylic acids is 1.